The van der Waals surface area contributed by atoms with Gasteiger partial charge in [-0.1, -0.05) is 32.9 Å². The molecule has 0 rings (SSSR count). The SMILES string of the molecule is C=C\C(OC(=O)C(=C)C)=C(/C=C(C)/C(/C=C/OC(=O)C(=C)C)=C/C=C(\F)OC(=O)C(=C)C)OC(=O)C(=C)C. The highest BCUT2D eigenvalue weighted by atomic mass is 19.1. The zero-order valence-electron chi connectivity index (χ0n) is 22.1. The third-order valence-electron chi connectivity index (χ3n) is 4.04. The van der Waals surface area contributed by atoms with Gasteiger partial charge in [-0.3, -0.25) is 0 Å². The average Bonchev–Trinajstić information content (AvgIpc) is 2.83. The van der Waals surface area contributed by atoms with Crippen LogP contribution in [0.25, 0.3) is 0 Å². The normalized spacial score (nSPS) is 12.6. The molecule has 0 bridgehead atoms. The van der Waals surface area contributed by atoms with E-state index in [0.717, 1.165) is 18.4 Å². The number of rotatable bonds is 13. The molecule has 0 aliphatic carbocycles. The maximum Gasteiger partial charge on any atom is 0.340 e. The fourth-order valence-electron chi connectivity index (χ4n) is 1.95. The Morgan fingerprint density at radius 1 is 0.658 bits per heavy atom. The number of ether oxygens (including phenoxy) is 4. The molecule has 0 radical (unpaired) electrons. The Morgan fingerprint density at radius 2 is 1.11 bits per heavy atom. The number of carbonyl (C=O) groups excluding carboxylic acids is 4. The van der Waals surface area contributed by atoms with Crippen molar-refractivity contribution in [1.29, 1.82) is 0 Å². The third kappa shape index (κ3) is 12.3. The molecule has 0 N–H and O–H groups in total. The van der Waals surface area contributed by atoms with Crippen molar-refractivity contribution in [2.45, 2.75) is 34.6 Å². The van der Waals surface area contributed by atoms with Crippen LogP contribution in [0, 0.1) is 0 Å². The lowest BCUT2D eigenvalue weighted by Gasteiger charge is -2.12. The van der Waals surface area contributed by atoms with Crippen molar-refractivity contribution in [1.82, 2.24) is 0 Å². The zero-order chi connectivity index (χ0) is 29.6. The molecule has 0 spiro atoms. The molecule has 0 saturated heterocycles. The van der Waals surface area contributed by atoms with Gasteiger partial charge in [0.05, 0.1) is 6.26 Å². The van der Waals surface area contributed by atoms with E-state index >= 15 is 0 Å². The fraction of sp³-hybridized carbons (Fsp3) is 0.172. The summed E-state index contributed by atoms with van der Waals surface area (Å²) in [7, 11) is 0. The van der Waals surface area contributed by atoms with Crippen LogP contribution in [-0.4, -0.2) is 23.9 Å². The van der Waals surface area contributed by atoms with Crippen LogP contribution in [0.3, 0.4) is 0 Å². The van der Waals surface area contributed by atoms with Crippen molar-refractivity contribution < 1.29 is 42.5 Å². The Labute approximate surface area is 221 Å². The lowest BCUT2D eigenvalue weighted by Crippen LogP contribution is -2.10. The zero-order valence-corrected chi connectivity index (χ0v) is 22.1. The van der Waals surface area contributed by atoms with E-state index in [1.54, 1.807) is 0 Å². The van der Waals surface area contributed by atoms with Crippen molar-refractivity contribution in [3.63, 3.8) is 0 Å². The summed E-state index contributed by atoms with van der Waals surface area (Å²) < 4.78 is 34.1. The minimum Gasteiger partial charge on any atom is -0.431 e. The van der Waals surface area contributed by atoms with Crippen LogP contribution in [0.4, 0.5) is 4.39 Å². The maximum atomic E-state index is 14.1. The molecule has 0 atom stereocenters. The molecule has 38 heavy (non-hydrogen) atoms. The van der Waals surface area contributed by atoms with Gasteiger partial charge in [0.2, 0.25) is 0 Å². The van der Waals surface area contributed by atoms with Gasteiger partial charge in [0.15, 0.2) is 11.5 Å². The molecule has 0 aromatic carbocycles. The fourth-order valence-corrected chi connectivity index (χ4v) is 1.95. The predicted molar refractivity (Wildman–Crippen MR) is 141 cm³/mol. The summed E-state index contributed by atoms with van der Waals surface area (Å²) in [6.45, 7) is 24.6. The van der Waals surface area contributed by atoms with Crippen LogP contribution in [-0.2, 0) is 38.1 Å². The van der Waals surface area contributed by atoms with E-state index in [9.17, 15) is 23.6 Å². The monoisotopic (exact) mass is 526 g/mol. The van der Waals surface area contributed by atoms with Crippen LogP contribution in [0.2, 0.25) is 0 Å². The van der Waals surface area contributed by atoms with Gasteiger partial charge >= 0.3 is 23.9 Å². The molecule has 202 valence electrons. The van der Waals surface area contributed by atoms with Crippen LogP contribution in [0.1, 0.15) is 34.6 Å². The highest BCUT2D eigenvalue weighted by Crippen LogP contribution is 2.21. The van der Waals surface area contributed by atoms with E-state index in [0.29, 0.717) is 0 Å². The van der Waals surface area contributed by atoms with Gasteiger partial charge in [-0.15, -0.1) is 0 Å². The largest absolute Gasteiger partial charge is 0.431 e. The van der Waals surface area contributed by atoms with Gasteiger partial charge in [-0.25, -0.2) is 19.2 Å². The number of hydrogen-bond donors (Lipinski definition) is 0. The van der Waals surface area contributed by atoms with Gasteiger partial charge < -0.3 is 18.9 Å². The smallest absolute Gasteiger partial charge is 0.340 e. The maximum absolute atomic E-state index is 14.1. The summed E-state index contributed by atoms with van der Waals surface area (Å²) in [4.78, 5) is 47.6. The number of hydrogen-bond acceptors (Lipinski definition) is 8. The molecular formula is C29H31FO8. The second kappa shape index (κ2) is 16.1. The molecule has 0 heterocycles. The van der Waals surface area contributed by atoms with Gasteiger partial charge in [0.1, 0.15) is 0 Å². The third-order valence-corrected chi connectivity index (χ3v) is 4.04. The van der Waals surface area contributed by atoms with Gasteiger partial charge in [0, 0.05) is 28.4 Å². The van der Waals surface area contributed by atoms with Crippen molar-refractivity contribution in [2.75, 3.05) is 0 Å². The Kier molecular flexibility index (Phi) is 14.0. The number of allylic oxidation sites excluding steroid dienone is 7. The number of carbonyl (C=O) groups is 4. The first-order chi connectivity index (χ1) is 17.6. The molecule has 0 aliphatic rings. The quantitative estimate of drug-likeness (QED) is 0.0938. The summed E-state index contributed by atoms with van der Waals surface area (Å²) >= 11 is 0. The van der Waals surface area contributed by atoms with E-state index in [2.05, 4.69) is 37.6 Å². The second-order valence-corrected chi connectivity index (χ2v) is 7.85. The van der Waals surface area contributed by atoms with E-state index in [1.807, 2.05) is 0 Å². The Bertz CT molecular complexity index is 1220. The summed E-state index contributed by atoms with van der Waals surface area (Å²) in [6, 6.07) is -1.25. The minimum absolute atomic E-state index is 0.0178. The summed E-state index contributed by atoms with van der Waals surface area (Å²) in [5, 5.41) is 0. The Morgan fingerprint density at radius 3 is 1.55 bits per heavy atom. The molecule has 0 amide bonds. The van der Waals surface area contributed by atoms with E-state index < -0.39 is 29.9 Å². The lowest BCUT2D eigenvalue weighted by molar-refractivity contribution is -0.138. The second-order valence-electron chi connectivity index (χ2n) is 7.85. The van der Waals surface area contributed by atoms with Crippen molar-refractivity contribution in [2.24, 2.45) is 0 Å². The highest BCUT2D eigenvalue weighted by Gasteiger charge is 2.16. The highest BCUT2D eigenvalue weighted by molar-refractivity contribution is 5.89. The molecule has 0 aromatic heterocycles. The Balaban J connectivity index is 6.77. The van der Waals surface area contributed by atoms with Crippen LogP contribution >= 0.6 is 0 Å². The van der Waals surface area contributed by atoms with Gasteiger partial charge in [0.25, 0.3) is 6.01 Å². The summed E-state index contributed by atoms with van der Waals surface area (Å²) in [5.41, 5.74) is 0.726. The Hall–Kier alpha value is -4.79. The molecule has 8 nitrogen and oxygen atoms in total. The van der Waals surface area contributed by atoms with Crippen molar-refractivity contribution in [3.05, 3.63) is 121 Å². The van der Waals surface area contributed by atoms with Crippen LogP contribution in [0.5, 0.6) is 0 Å². The minimum atomic E-state index is -1.25. The molecule has 0 unspecified atom stereocenters. The van der Waals surface area contributed by atoms with Crippen LogP contribution in [0.15, 0.2) is 121 Å². The molecular weight excluding hydrogens is 495 g/mol. The molecule has 0 fully saturated rings. The van der Waals surface area contributed by atoms with Gasteiger partial charge in [-0.05, 0) is 70.1 Å². The first kappa shape index (κ1) is 33.2. The van der Waals surface area contributed by atoms with Crippen LogP contribution < -0.4 is 0 Å². The van der Waals surface area contributed by atoms with Gasteiger partial charge in [-0.2, -0.15) is 4.39 Å². The molecule has 9 heteroatoms. The summed E-state index contributed by atoms with van der Waals surface area (Å²) in [6.07, 6.45) is 6.73. The molecule has 0 aromatic rings. The molecule has 0 aliphatic heterocycles. The van der Waals surface area contributed by atoms with E-state index in [4.69, 9.17) is 14.2 Å². The number of esters is 4. The standard InChI is InChI=1S/C29H31FO8/c1-11-23(36-27(32)18(4)5)24(37-28(33)19(6)7)16-21(10)22(14-15-35-26(31)17(2)3)12-13-25(30)38-29(34)20(8)9/h11-16H,1-2,4,6,8H2,3,5,7,9-10H3/b15-14+,21-16+,22-12+,24-23-,25-13+. The predicted octanol–water partition coefficient (Wildman–Crippen LogP) is 6.06. The van der Waals surface area contributed by atoms with Crippen molar-refractivity contribution in [3.8, 4) is 0 Å². The first-order valence-corrected chi connectivity index (χ1v) is 10.9. The van der Waals surface area contributed by atoms with E-state index in [1.165, 1.54) is 52.8 Å². The molecule has 0 saturated carbocycles. The average molecular weight is 527 g/mol. The van der Waals surface area contributed by atoms with Crippen molar-refractivity contribution >= 4 is 23.9 Å². The lowest BCUT2D eigenvalue weighted by atomic mass is 10.1. The topological polar surface area (TPSA) is 105 Å². The van der Waals surface area contributed by atoms with E-state index in [-0.39, 0.29) is 45.0 Å². The summed E-state index contributed by atoms with van der Waals surface area (Å²) in [5.74, 6) is -3.78. The number of halogens is 1. The first-order valence-electron chi connectivity index (χ1n) is 10.9.